The lowest BCUT2D eigenvalue weighted by Gasteiger charge is -2.23. The third-order valence-corrected chi connectivity index (χ3v) is 5.44. The molecule has 138 valence electrons. The molecule has 3 amide bonds. The van der Waals surface area contributed by atoms with Crippen LogP contribution in [0.3, 0.4) is 0 Å². The number of rotatable bonds is 4. The summed E-state index contributed by atoms with van der Waals surface area (Å²) in [5, 5.41) is 13.6. The van der Waals surface area contributed by atoms with Gasteiger partial charge in [0.25, 0.3) is 11.6 Å². The highest BCUT2D eigenvalue weighted by Crippen LogP contribution is 2.33. The molecule has 1 aliphatic heterocycles. The van der Waals surface area contributed by atoms with E-state index >= 15 is 0 Å². The van der Waals surface area contributed by atoms with Crippen molar-refractivity contribution in [3.63, 3.8) is 0 Å². The number of carbonyl (C=O) groups is 2. The van der Waals surface area contributed by atoms with Crippen LogP contribution in [0.5, 0.6) is 0 Å². The monoisotopic (exact) mass is 365 g/mol. The topological polar surface area (TPSA) is 92.6 Å². The fourth-order valence-electron chi connectivity index (χ4n) is 3.82. The molecule has 0 spiro atoms. The van der Waals surface area contributed by atoms with E-state index in [0.717, 1.165) is 29.7 Å². The number of nitrogens with one attached hydrogen (secondary N) is 1. The zero-order valence-electron chi connectivity index (χ0n) is 14.9. The van der Waals surface area contributed by atoms with Crippen LogP contribution in [0.4, 0.5) is 10.5 Å². The number of amides is 3. The van der Waals surface area contributed by atoms with Crippen LogP contribution < -0.4 is 5.32 Å². The molecule has 1 aliphatic carbocycles. The van der Waals surface area contributed by atoms with Crippen molar-refractivity contribution >= 4 is 17.6 Å². The van der Waals surface area contributed by atoms with Crippen molar-refractivity contribution in [1.29, 1.82) is 0 Å². The summed E-state index contributed by atoms with van der Waals surface area (Å²) in [5.41, 5.74) is 2.86. The van der Waals surface area contributed by atoms with Crippen molar-refractivity contribution in [1.82, 2.24) is 10.2 Å². The van der Waals surface area contributed by atoms with Gasteiger partial charge in [0.05, 0.1) is 11.5 Å². The average molecular weight is 365 g/mol. The second-order valence-corrected chi connectivity index (χ2v) is 7.21. The van der Waals surface area contributed by atoms with E-state index in [0.29, 0.717) is 5.56 Å². The first-order chi connectivity index (χ1) is 12.9. The zero-order valence-corrected chi connectivity index (χ0v) is 14.9. The van der Waals surface area contributed by atoms with Gasteiger partial charge >= 0.3 is 6.03 Å². The number of urea groups is 1. The van der Waals surface area contributed by atoms with E-state index in [2.05, 4.69) is 5.32 Å². The fourth-order valence-corrected chi connectivity index (χ4v) is 3.82. The van der Waals surface area contributed by atoms with E-state index in [4.69, 9.17) is 0 Å². The summed E-state index contributed by atoms with van der Waals surface area (Å²) in [6.45, 7) is 1.79. The van der Waals surface area contributed by atoms with E-state index in [-0.39, 0.29) is 18.1 Å². The third-order valence-electron chi connectivity index (χ3n) is 5.44. The lowest BCUT2D eigenvalue weighted by atomic mass is 9.89. The summed E-state index contributed by atoms with van der Waals surface area (Å²) in [5.74, 6) is -0.316. The number of hydrogen-bond donors (Lipinski definition) is 1. The molecule has 1 N–H and O–H groups in total. The Morgan fingerprint density at radius 1 is 1.11 bits per heavy atom. The van der Waals surface area contributed by atoms with Gasteiger partial charge in [-0.1, -0.05) is 30.3 Å². The Kier molecular flexibility index (Phi) is 3.95. The Labute approximate surface area is 156 Å². The number of benzene rings is 2. The molecule has 2 aliphatic rings. The molecule has 0 saturated carbocycles. The maximum atomic E-state index is 13.1. The molecule has 7 nitrogen and oxygen atoms in total. The van der Waals surface area contributed by atoms with Gasteiger partial charge in [0.2, 0.25) is 0 Å². The lowest BCUT2D eigenvalue weighted by molar-refractivity contribution is -0.384. The van der Waals surface area contributed by atoms with E-state index in [1.807, 2.05) is 18.2 Å². The smallest absolute Gasteiger partial charge is 0.319 e. The molecule has 27 heavy (non-hydrogen) atoms. The first kappa shape index (κ1) is 17.2. The van der Waals surface area contributed by atoms with Gasteiger partial charge in [-0.3, -0.25) is 19.8 Å². The van der Waals surface area contributed by atoms with Gasteiger partial charge in [-0.15, -0.1) is 0 Å². The largest absolute Gasteiger partial charge is 0.325 e. The van der Waals surface area contributed by atoms with Crippen molar-refractivity contribution in [3.8, 4) is 0 Å². The van der Waals surface area contributed by atoms with Gasteiger partial charge in [-0.05, 0) is 48.4 Å². The molecule has 4 rings (SSSR count). The number of hydrogen-bond acceptors (Lipinski definition) is 4. The quantitative estimate of drug-likeness (QED) is 0.512. The maximum Gasteiger partial charge on any atom is 0.325 e. The van der Waals surface area contributed by atoms with Gasteiger partial charge in [0.15, 0.2) is 0 Å². The van der Waals surface area contributed by atoms with Crippen LogP contribution in [0.1, 0.15) is 35.6 Å². The molecular weight excluding hydrogens is 346 g/mol. The van der Waals surface area contributed by atoms with Crippen LogP contribution in [0.15, 0.2) is 42.5 Å². The minimum Gasteiger partial charge on any atom is -0.319 e. The first-order valence-electron chi connectivity index (χ1n) is 8.88. The van der Waals surface area contributed by atoms with Crippen molar-refractivity contribution in [2.75, 3.05) is 0 Å². The number of carbonyl (C=O) groups excluding carboxylic acids is 2. The second-order valence-electron chi connectivity index (χ2n) is 7.21. The van der Waals surface area contributed by atoms with Crippen molar-refractivity contribution in [2.24, 2.45) is 0 Å². The summed E-state index contributed by atoms with van der Waals surface area (Å²) >= 11 is 0. The Morgan fingerprint density at radius 2 is 1.81 bits per heavy atom. The van der Waals surface area contributed by atoms with Crippen LogP contribution in [0.2, 0.25) is 0 Å². The molecule has 1 atom stereocenters. The van der Waals surface area contributed by atoms with E-state index in [1.54, 1.807) is 19.1 Å². The number of aryl methyl sites for hydroxylation is 2. The fraction of sp³-hybridized carbons (Fsp3) is 0.300. The molecular formula is C20H19N3O4. The van der Waals surface area contributed by atoms with Gasteiger partial charge in [-0.2, -0.15) is 0 Å². The SMILES string of the molecule is C[C@@]1(c2ccc3c(c2)CCC3)NC(=O)N(Cc2ccc([N+](=O)[O-])cc2)C1=O. The van der Waals surface area contributed by atoms with Gasteiger partial charge in [-0.25, -0.2) is 4.79 Å². The molecule has 0 bridgehead atoms. The normalized spacial score (nSPS) is 21.3. The Hall–Kier alpha value is -3.22. The minimum atomic E-state index is -1.10. The van der Waals surface area contributed by atoms with E-state index < -0.39 is 16.5 Å². The van der Waals surface area contributed by atoms with Crippen molar-refractivity contribution in [2.45, 2.75) is 38.3 Å². The molecule has 0 aromatic heterocycles. The number of nitrogens with zero attached hydrogens (tertiary/aromatic N) is 2. The predicted molar refractivity (Wildman–Crippen MR) is 98.0 cm³/mol. The van der Waals surface area contributed by atoms with Crippen LogP contribution in [-0.2, 0) is 29.7 Å². The lowest BCUT2D eigenvalue weighted by Crippen LogP contribution is -2.40. The maximum absolute atomic E-state index is 13.1. The highest BCUT2D eigenvalue weighted by Gasteiger charge is 2.49. The molecule has 1 heterocycles. The summed E-state index contributed by atoms with van der Waals surface area (Å²) in [6, 6.07) is 11.4. The molecule has 2 aromatic carbocycles. The molecule has 0 radical (unpaired) electrons. The number of imide groups is 1. The van der Waals surface area contributed by atoms with Crippen LogP contribution >= 0.6 is 0 Å². The van der Waals surface area contributed by atoms with Crippen molar-refractivity contribution < 1.29 is 14.5 Å². The molecule has 0 unspecified atom stereocenters. The highest BCUT2D eigenvalue weighted by atomic mass is 16.6. The third kappa shape index (κ3) is 2.85. The first-order valence-corrected chi connectivity index (χ1v) is 8.88. The van der Waals surface area contributed by atoms with E-state index in [9.17, 15) is 19.7 Å². The highest BCUT2D eigenvalue weighted by molar-refractivity contribution is 6.07. The van der Waals surface area contributed by atoms with Gasteiger partial charge in [0.1, 0.15) is 5.54 Å². The van der Waals surface area contributed by atoms with Crippen LogP contribution in [0.25, 0.3) is 0 Å². The summed E-state index contributed by atoms with van der Waals surface area (Å²) < 4.78 is 0. The van der Waals surface area contributed by atoms with Crippen molar-refractivity contribution in [3.05, 3.63) is 74.8 Å². The Bertz CT molecular complexity index is 954. The van der Waals surface area contributed by atoms with Crippen LogP contribution in [0, 0.1) is 10.1 Å². The number of fused-ring (bicyclic) bond motifs is 1. The summed E-state index contributed by atoms with van der Waals surface area (Å²) in [4.78, 5) is 37.0. The molecule has 2 aromatic rings. The molecule has 7 heteroatoms. The number of non-ortho nitro benzene ring substituents is 1. The predicted octanol–water partition coefficient (Wildman–Crippen LogP) is 3.05. The van der Waals surface area contributed by atoms with Gasteiger partial charge in [0, 0.05) is 12.1 Å². The van der Waals surface area contributed by atoms with E-state index in [1.165, 1.54) is 23.3 Å². The standard InChI is InChI=1S/C20H19N3O4/c1-20(16-8-7-14-3-2-4-15(14)11-16)18(24)22(19(25)21-20)12-13-5-9-17(10-6-13)23(26)27/h5-11H,2-4,12H2,1H3,(H,21,25)/t20-/m0/s1. The minimum absolute atomic E-state index is 0.0288. The number of nitro benzene ring substituents is 1. The summed E-state index contributed by atoms with van der Waals surface area (Å²) in [6.07, 6.45) is 3.16. The van der Waals surface area contributed by atoms with Gasteiger partial charge < -0.3 is 5.32 Å². The Balaban J connectivity index is 1.58. The Morgan fingerprint density at radius 3 is 2.52 bits per heavy atom. The molecule has 1 saturated heterocycles. The average Bonchev–Trinajstić information content (AvgIpc) is 3.20. The zero-order chi connectivity index (χ0) is 19.2. The van der Waals surface area contributed by atoms with Crippen LogP contribution in [-0.4, -0.2) is 21.8 Å². The number of nitro groups is 1. The second kappa shape index (κ2) is 6.19. The summed E-state index contributed by atoms with van der Waals surface area (Å²) in [7, 11) is 0. The molecule has 1 fully saturated rings.